The average Bonchev–Trinajstić information content (AvgIpc) is 3.59. The topological polar surface area (TPSA) is 109 Å². The first-order chi connectivity index (χ1) is 22.6. The van der Waals surface area contributed by atoms with Crippen LogP contribution in [0.15, 0.2) is 73.8 Å². The highest BCUT2D eigenvalue weighted by Crippen LogP contribution is 2.65. The highest BCUT2D eigenvalue weighted by molar-refractivity contribution is 6.07. The van der Waals surface area contributed by atoms with E-state index in [0.717, 1.165) is 0 Å². The Kier molecular flexibility index (Phi) is 10.1. The zero-order valence-corrected chi connectivity index (χ0v) is 27.9. The second kappa shape index (κ2) is 13.9. The van der Waals surface area contributed by atoms with Gasteiger partial charge in [0.05, 0.1) is 31.2 Å². The molecule has 2 aromatic rings. The molecule has 252 valence electrons. The van der Waals surface area contributed by atoms with E-state index in [-0.39, 0.29) is 49.9 Å². The molecule has 0 radical (unpaired) electrons. The summed E-state index contributed by atoms with van der Waals surface area (Å²) in [5.74, 6) is -1.29. The maximum Gasteiger partial charge on any atom is 0.253 e. The van der Waals surface area contributed by atoms with Gasteiger partial charge in [-0.2, -0.15) is 0 Å². The van der Waals surface area contributed by atoms with Crippen LogP contribution in [0.3, 0.4) is 0 Å². The number of ether oxygens (including phenoxy) is 3. The van der Waals surface area contributed by atoms with Crippen molar-refractivity contribution in [2.24, 2.45) is 17.8 Å². The molecule has 0 saturated carbocycles. The van der Waals surface area contributed by atoms with Crippen LogP contribution >= 0.6 is 0 Å². The summed E-state index contributed by atoms with van der Waals surface area (Å²) in [4.78, 5) is 49.1. The molecule has 10 nitrogen and oxygen atoms in total. The van der Waals surface area contributed by atoms with Gasteiger partial charge >= 0.3 is 0 Å². The summed E-state index contributed by atoms with van der Waals surface area (Å²) >= 11 is 0. The number of methoxy groups -OCH3 is 1. The van der Waals surface area contributed by atoms with Gasteiger partial charge in [0.25, 0.3) is 5.91 Å². The molecule has 1 spiro atoms. The fourth-order valence-corrected chi connectivity index (χ4v) is 7.90. The van der Waals surface area contributed by atoms with Gasteiger partial charge in [0.15, 0.2) is 0 Å². The highest BCUT2D eigenvalue weighted by atomic mass is 16.5. The van der Waals surface area contributed by atoms with Gasteiger partial charge in [-0.25, -0.2) is 0 Å². The van der Waals surface area contributed by atoms with Crippen LogP contribution in [-0.2, 0) is 19.1 Å². The van der Waals surface area contributed by atoms with Crippen molar-refractivity contribution in [1.82, 2.24) is 4.90 Å². The van der Waals surface area contributed by atoms with Gasteiger partial charge in [-0.05, 0) is 87.6 Å². The molecule has 0 aliphatic carbocycles. The molecule has 3 saturated heterocycles. The SMILES string of the molecule is C=CCN(C(=O)C1N(CCCCO)C(=O)[C@@H]2[C@H](C(=O)N(CC=C)c3ccc(OCC)cc3)[C@@]3(C)OC12CC3C)c1ccc(OC)cc1. The smallest absolute Gasteiger partial charge is 0.253 e. The third-order valence-electron chi connectivity index (χ3n) is 10.1. The Morgan fingerprint density at radius 3 is 2.11 bits per heavy atom. The number of benzene rings is 2. The number of carbonyl (C=O) groups excluding carboxylic acids is 3. The van der Waals surface area contributed by atoms with E-state index in [0.29, 0.717) is 48.7 Å². The number of carbonyl (C=O) groups is 3. The van der Waals surface area contributed by atoms with Crippen molar-refractivity contribution in [3.63, 3.8) is 0 Å². The standard InChI is InChI=1S/C37H47N3O7/c1-7-20-38(26-14-18-29(19-15-26)46-9-3)33(42)30-31-34(43)40(22-10-11-23-41)32(37(31)24-25(4)36(30,5)47-37)35(44)39(21-8-2)27-12-16-28(45-6)17-13-27/h7-8,12-19,25,30-32,41H,1-2,9-11,20-24H2,3-6H3/t25?,30-,31+,32?,36+,37?/m1/s1. The molecule has 0 aromatic heterocycles. The van der Waals surface area contributed by atoms with E-state index in [4.69, 9.17) is 14.2 Å². The van der Waals surface area contributed by atoms with Crippen LogP contribution in [0.25, 0.3) is 0 Å². The number of rotatable bonds is 15. The van der Waals surface area contributed by atoms with Crippen LogP contribution in [0.1, 0.15) is 40.0 Å². The van der Waals surface area contributed by atoms with E-state index in [1.54, 1.807) is 58.2 Å². The van der Waals surface area contributed by atoms with Crippen LogP contribution in [0, 0.1) is 17.8 Å². The summed E-state index contributed by atoms with van der Waals surface area (Å²) in [6.45, 7) is 14.8. The Labute approximate surface area is 277 Å². The van der Waals surface area contributed by atoms with Gasteiger partial charge in [0, 0.05) is 37.6 Å². The average molecular weight is 646 g/mol. The van der Waals surface area contributed by atoms with Gasteiger partial charge < -0.3 is 34.0 Å². The molecule has 1 N–H and O–H groups in total. The largest absolute Gasteiger partial charge is 0.497 e. The predicted molar refractivity (Wildman–Crippen MR) is 181 cm³/mol. The summed E-state index contributed by atoms with van der Waals surface area (Å²) in [5.41, 5.74) is -0.917. The number of hydrogen-bond acceptors (Lipinski definition) is 7. The molecule has 5 rings (SSSR count). The van der Waals surface area contributed by atoms with Crippen LogP contribution in [0.5, 0.6) is 11.5 Å². The lowest BCUT2D eigenvalue weighted by atomic mass is 9.62. The Morgan fingerprint density at radius 1 is 1.00 bits per heavy atom. The maximum absolute atomic E-state index is 14.8. The van der Waals surface area contributed by atoms with Gasteiger partial charge in [-0.3, -0.25) is 14.4 Å². The first kappa shape index (κ1) is 34.2. The Hall–Kier alpha value is -4.15. The summed E-state index contributed by atoms with van der Waals surface area (Å²) < 4.78 is 17.9. The number of fused-ring (bicyclic) bond motifs is 1. The molecule has 3 aliphatic rings. The summed E-state index contributed by atoms with van der Waals surface area (Å²) in [5, 5.41) is 9.56. The van der Waals surface area contributed by atoms with Crippen LogP contribution in [0.4, 0.5) is 11.4 Å². The molecule has 2 aromatic carbocycles. The van der Waals surface area contributed by atoms with E-state index in [2.05, 4.69) is 13.2 Å². The second-order valence-electron chi connectivity index (χ2n) is 12.8. The Morgan fingerprint density at radius 2 is 1.57 bits per heavy atom. The molecule has 3 unspecified atom stereocenters. The highest BCUT2D eigenvalue weighted by Gasteiger charge is 2.80. The predicted octanol–water partition coefficient (Wildman–Crippen LogP) is 4.62. The van der Waals surface area contributed by atoms with Gasteiger partial charge in [-0.15, -0.1) is 13.2 Å². The molecule has 3 aliphatic heterocycles. The van der Waals surface area contributed by atoms with E-state index >= 15 is 0 Å². The van der Waals surface area contributed by atoms with E-state index < -0.39 is 29.1 Å². The molecule has 3 heterocycles. The summed E-state index contributed by atoms with van der Waals surface area (Å²) in [7, 11) is 1.58. The van der Waals surface area contributed by atoms with Crippen LogP contribution in [0.2, 0.25) is 0 Å². The van der Waals surface area contributed by atoms with Crippen molar-refractivity contribution in [3.8, 4) is 11.5 Å². The molecule has 2 bridgehead atoms. The number of hydrogen-bond donors (Lipinski definition) is 1. The molecule has 10 heteroatoms. The Bertz CT molecular complexity index is 1480. The third-order valence-corrected chi connectivity index (χ3v) is 10.1. The molecule has 3 amide bonds. The fraction of sp³-hybridized carbons (Fsp3) is 0.486. The summed E-state index contributed by atoms with van der Waals surface area (Å²) in [6.07, 6.45) is 4.73. The number of aliphatic hydroxyl groups is 1. The van der Waals surface area contributed by atoms with Gasteiger partial charge in [0.1, 0.15) is 23.1 Å². The molecule has 47 heavy (non-hydrogen) atoms. The number of anilines is 2. The quantitative estimate of drug-likeness (QED) is 0.223. The van der Waals surface area contributed by atoms with E-state index in [1.165, 1.54) is 0 Å². The number of likely N-dealkylation sites (tertiary alicyclic amines) is 1. The van der Waals surface area contributed by atoms with Crippen molar-refractivity contribution >= 4 is 29.1 Å². The first-order valence-corrected chi connectivity index (χ1v) is 16.4. The molecule has 6 atom stereocenters. The van der Waals surface area contributed by atoms with Crippen molar-refractivity contribution in [1.29, 1.82) is 0 Å². The lowest BCUT2D eigenvalue weighted by Gasteiger charge is -2.39. The number of aliphatic hydroxyl groups excluding tert-OH is 1. The van der Waals surface area contributed by atoms with Crippen molar-refractivity contribution in [3.05, 3.63) is 73.8 Å². The first-order valence-electron chi connectivity index (χ1n) is 16.4. The van der Waals surface area contributed by atoms with Crippen LogP contribution < -0.4 is 19.3 Å². The molecule has 3 fully saturated rings. The second-order valence-corrected chi connectivity index (χ2v) is 12.8. The third kappa shape index (κ3) is 5.82. The normalized spacial score (nSPS) is 27.3. The van der Waals surface area contributed by atoms with Crippen molar-refractivity contribution < 1.29 is 33.7 Å². The fourth-order valence-electron chi connectivity index (χ4n) is 7.90. The number of unbranched alkanes of at least 4 members (excludes halogenated alkanes) is 1. The minimum atomic E-state index is -1.22. The van der Waals surface area contributed by atoms with Crippen molar-refractivity contribution in [2.45, 2.75) is 57.3 Å². The zero-order valence-electron chi connectivity index (χ0n) is 27.9. The minimum Gasteiger partial charge on any atom is -0.497 e. The number of nitrogens with zero attached hydrogens (tertiary/aromatic N) is 3. The van der Waals surface area contributed by atoms with E-state index in [9.17, 15) is 19.5 Å². The molecular formula is C37H47N3O7. The lowest BCUT2D eigenvalue weighted by molar-refractivity contribution is -0.145. The zero-order chi connectivity index (χ0) is 33.9. The monoisotopic (exact) mass is 645 g/mol. The van der Waals surface area contributed by atoms with Gasteiger partial charge in [-0.1, -0.05) is 19.1 Å². The minimum absolute atomic E-state index is 0.0328. The Balaban J connectivity index is 1.58. The molecular weight excluding hydrogens is 598 g/mol. The van der Waals surface area contributed by atoms with Crippen molar-refractivity contribution in [2.75, 3.05) is 49.8 Å². The summed E-state index contributed by atoms with van der Waals surface area (Å²) in [6, 6.07) is 13.5. The lowest BCUT2D eigenvalue weighted by Crippen LogP contribution is -2.57. The maximum atomic E-state index is 14.8. The van der Waals surface area contributed by atoms with E-state index in [1.807, 2.05) is 45.0 Å². The van der Waals surface area contributed by atoms with Gasteiger partial charge in [0.2, 0.25) is 11.8 Å². The van der Waals surface area contributed by atoms with Crippen LogP contribution in [-0.4, -0.2) is 84.9 Å². The number of amides is 3.